The Morgan fingerprint density at radius 1 is 0.926 bits per heavy atom. The standard InChI is InChI=1S/C16H22F4N4O2S/c1-22(11-5-3-2-4-6-11)27(25,26)24-9-7-23(8-10-24)14-12(17)15(19)21-16(20)13(14)18/h11H,2-10H2,1H3. The van der Waals surface area contributed by atoms with E-state index in [9.17, 15) is 26.0 Å². The van der Waals surface area contributed by atoms with Crippen LogP contribution in [-0.4, -0.2) is 61.3 Å². The van der Waals surface area contributed by atoms with Gasteiger partial charge in [0.25, 0.3) is 22.1 Å². The number of hydrogen-bond donors (Lipinski definition) is 0. The number of hydrogen-bond acceptors (Lipinski definition) is 4. The van der Waals surface area contributed by atoms with E-state index in [1.54, 1.807) is 7.05 Å². The van der Waals surface area contributed by atoms with E-state index in [0.29, 0.717) is 0 Å². The lowest BCUT2D eigenvalue weighted by Crippen LogP contribution is -2.54. The Labute approximate surface area is 155 Å². The van der Waals surface area contributed by atoms with Crippen LogP contribution in [0.4, 0.5) is 23.2 Å². The summed E-state index contributed by atoms with van der Waals surface area (Å²) < 4.78 is 82.7. The molecule has 0 spiro atoms. The minimum Gasteiger partial charge on any atom is -0.364 e. The lowest BCUT2D eigenvalue weighted by atomic mass is 9.96. The van der Waals surface area contributed by atoms with Crippen LogP contribution in [0, 0.1) is 23.5 Å². The highest BCUT2D eigenvalue weighted by atomic mass is 32.2. The van der Waals surface area contributed by atoms with Crippen LogP contribution in [0.1, 0.15) is 32.1 Å². The smallest absolute Gasteiger partial charge is 0.282 e. The Kier molecular flexibility index (Phi) is 5.92. The fourth-order valence-corrected chi connectivity index (χ4v) is 5.29. The zero-order valence-electron chi connectivity index (χ0n) is 15.0. The Morgan fingerprint density at radius 3 is 1.96 bits per heavy atom. The van der Waals surface area contributed by atoms with E-state index in [0.717, 1.165) is 37.0 Å². The first kappa shape index (κ1) is 20.3. The summed E-state index contributed by atoms with van der Waals surface area (Å²) in [4.78, 5) is 3.64. The molecule has 6 nitrogen and oxygen atoms in total. The molecule has 1 saturated heterocycles. The lowest BCUT2D eigenvalue weighted by molar-refractivity contribution is 0.258. The first-order chi connectivity index (χ1) is 12.7. The van der Waals surface area contributed by atoms with E-state index in [1.165, 1.54) is 8.61 Å². The Hall–Kier alpha value is -1.46. The number of halogens is 4. The van der Waals surface area contributed by atoms with Crippen LogP contribution in [0.15, 0.2) is 0 Å². The van der Waals surface area contributed by atoms with Gasteiger partial charge in [0.2, 0.25) is 11.6 Å². The molecule has 2 aliphatic rings. The Bertz CT molecular complexity index is 768. The molecule has 2 fully saturated rings. The van der Waals surface area contributed by atoms with Gasteiger partial charge in [0.05, 0.1) is 0 Å². The zero-order chi connectivity index (χ0) is 19.8. The van der Waals surface area contributed by atoms with Gasteiger partial charge in [0.15, 0.2) is 0 Å². The van der Waals surface area contributed by atoms with Crippen molar-refractivity contribution in [2.75, 3.05) is 38.1 Å². The second kappa shape index (κ2) is 7.88. The summed E-state index contributed by atoms with van der Waals surface area (Å²) in [6.45, 7) is -0.253. The molecule has 1 aromatic rings. The van der Waals surface area contributed by atoms with Crippen LogP contribution in [0.5, 0.6) is 0 Å². The summed E-state index contributed by atoms with van der Waals surface area (Å²) in [5.74, 6) is -6.61. The van der Waals surface area contributed by atoms with Gasteiger partial charge in [-0.15, -0.1) is 0 Å². The van der Waals surface area contributed by atoms with Crippen LogP contribution in [0.2, 0.25) is 0 Å². The van der Waals surface area contributed by atoms with Crippen molar-refractivity contribution < 1.29 is 26.0 Å². The number of pyridine rings is 1. The summed E-state index contributed by atoms with van der Waals surface area (Å²) >= 11 is 0. The highest BCUT2D eigenvalue weighted by Gasteiger charge is 2.36. The summed E-state index contributed by atoms with van der Waals surface area (Å²) in [6.07, 6.45) is 4.68. The van der Waals surface area contributed by atoms with E-state index in [2.05, 4.69) is 4.98 Å². The molecule has 11 heteroatoms. The van der Waals surface area contributed by atoms with Gasteiger partial charge in [-0.05, 0) is 12.8 Å². The van der Waals surface area contributed by atoms with E-state index < -0.39 is 39.4 Å². The second-order valence-corrected chi connectivity index (χ2v) is 8.86. The van der Waals surface area contributed by atoms with Gasteiger partial charge in [-0.1, -0.05) is 19.3 Å². The second-order valence-electron chi connectivity index (χ2n) is 6.87. The molecule has 1 aliphatic heterocycles. The fourth-order valence-electron chi connectivity index (χ4n) is 3.71. The third-order valence-electron chi connectivity index (χ3n) is 5.31. The molecule has 0 N–H and O–H groups in total. The normalized spacial score (nSPS) is 20.4. The van der Waals surface area contributed by atoms with Gasteiger partial charge in [0.1, 0.15) is 5.69 Å². The molecule has 0 bridgehead atoms. The van der Waals surface area contributed by atoms with Crippen molar-refractivity contribution in [1.82, 2.24) is 13.6 Å². The molecule has 1 aromatic heterocycles. The summed E-state index contributed by atoms with van der Waals surface area (Å²) in [6, 6.07) is -0.0555. The quantitative estimate of drug-likeness (QED) is 0.565. The van der Waals surface area contributed by atoms with Crippen LogP contribution in [-0.2, 0) is 10.2 Å². The molecule has 0 radical (unpaired) electrons. The SMILES string of the molecule is CN(C1CCCCC1)S(=O)(=O)N1CCN(c2c(F)c(F)nc(F)c2F)CC1. The van der Waals surface area contributed by atoms with E-state index in [-0.39, 0.29) is 32.2 Å². The van der Waals surface area contributed by atoms with E-state index in [4.69, 9.17) is 0 Å². The van der Waals surface area contributed by atoms with Gasteiger partial charge >= 0.3 is 0 Å². The van der Waals surface area contributed by atoms with Crippen molar-refractivity contribution in [3.8, 4) is 0 Å². The summed E-state index contributed by atoms with van der Waals surface area (Å²) in [7, 11) is -2.17. The predicted octanol–water partition coefficient (Wildman–Crippen LogP) is 2.27. The monoisotopic (exact) mass is 410 g/mol. The number of rotatable bonds is 4. The van der Waals surface area contributed by atoms with Gasteiger partial charge in [-0.2, -0.15) is 39.6 Å². The van der Waals surface area contributed by atoms with Gasteiger partial charge in [0, 0.05) is 39.3 Å². The zero-order valence-corrected chi connectivity index (χ0v) is 15.8. The maximum atomic E-state index is 13.9. The largest absolute Gasteiger partial charge is 0.364 e. The lowest BCUT2D eigenvalue weighted by Gasteiger charge is -2.39. The molecule has 0 aromatic carbocycles. The molecule has 2 heterocycles. The maximum absolute atomic E-state index is 13.9. The number of anilines is 1. The molecule has 1 aliphatic carbocycles. The van der Waals surface area contributed by atoms with Crippen LogP contribution < -0.4 is 4.90 Å². The number of nitrogens with zero attached hydrogens (tertiary/aromatic N) is 4. The highest BCUT2D eigenvalue weighted by Crippen LogP contribution is 2.29. The Balaban J connectivity index is 1.72. The minimum absolute atomic E-state index is 0.0379. The molecular weight excluding hydrogens is 388 g/mol. The summed E-state index contributed by atoms with van der Waals surface area (Å²) in [5, 5.41) is 0. The molecule has 27 heavy (non-hydrogen) atoms. The molecule has 3 rings (SSSR count). The fraction of sp³-hybridized carbons (Fsp3) is 0.688. The van der Waals surface area contributed by atoms with Crippen molar-refractivity contribution in [3.63, 3.8) is 0 Å². The average molecular weight is 410 g/mol. The van der Waals surface area contributed by atoms with Crippen molar-refractivity contribution in [2.24, 2.45) is 0 Å². The van der Waals surface area contributed by atoms with E-state index >= 15 is 0 Å². The molecule has 0 amide bonds. The third-order valence-corrected chi connectivity index (χ3v) is 7.35. The van der Waals surface area contributed by atoms with Crippen molar-refractivity contribution >= 4 is 15.9 Å². The van der Waals surface area contributed by atoms with Crippen LogP contribution in [0.3, 0.4) is 0 Å². The van der Waals surface area contributed by atoms with Gasteiger partial charge < -0.3 is 4.90 Å². The van der Waals surface area contributed by atoms with Crippen molar-refractivity contribution in [3.05, 3.63) is 23.5 Å². The number of aromatic nitrogens is 1. The number of piperazine rings is 1. The predicted molar refractivity (Wildman–Crippen MR) is 91.4 cm³/mol. The minimum atomic E-state index is -3.71. The topological polar surface area (TPSA) is 56.8 Å². The van der Waals surface area contributed by atoms with Crippen LogP contribution >= 0.6 is 0 Å². The molecule has 152 valence electrons. The Morgan fingerprint density at radius 2 is 1.44 bits per heavy atom. The molecule has 0 atom stereocenters. The highest BCUT2D eigenvalue weighted by molar-refractivity contribution is 7.86. The first-order valence-electron chi connectivity index (χ1n) is 8.91. The molecular formula is C16H22F4N4O2S. The first-order valence-corrected chi connectivity index (χ1v) is 10.3. The van der Waals surface area contributed by atoms with Crippen molar-refractivity contribution in [2.45, 2.75) is 38.1 Å². The molecule has 1 saturated carbocycles. The van der Waals surface area contributed by atoms with Gasteiger partial charge in [-0.25, -0.2) is 0 Å². The molecule has 0 unspecified atom stereocenters. The van der Waals surface area contributed by atoms with Gasteiger partial charge in [-0.3, -0.25) is 0 Å². The maximum Gasteiger partial charge on any atom is 0.282 e. The summed E-state index contributed by atoms with van der Waals surface area (Å²) in [5.41, 5.74) is -0.849. The van der Waals surface area contributed by atoms with Crippen molar-refractivity contribution in [1.29, 1.82) is 0 Å². The van der Waals surface area contributed by atoms with Crippen LogP contribution in [0.25, 0.3) is 0 Å². The van der Waals surface area contributed by atoms with E-state index in [1.807, 2.05) is 0 Å². The third kappa shape index (κ3) is 3.90. The average Bonchev–Trinajstić information content (AvgIpc) is 2.67.